The van der Waals surface area contributed by atoms with Crippen molar-refractivity contribution in [1.82, 2.24) is 9.13 Å². The van der Waals surface area contributed by atoms with Gasteiger partial charge in [-0.1, -0.05) is 173 Å². The normalized spacial score (nSPS) is 15.9. The number of benzene rings is 12. The van der Waals surface area contributed by atoms with Crippen molar-refractivity contribution in [1.29, 1.82) is 0 Å². The monoisotopic (exact) mass is 1140 g/mol. The van der Waals surface area contributed by atoms with E-state index in [0.717, 1.165) is 88.5 Å². The van der Waals surface area contributed by atoms with Crippen molar-refractivity contribution < 1.29 is 9.13 Å². The van der Waals surface area contributed by atoms with E-state index < -0.39 is 14.3 Å². The van der Waals surface area contributed by atoms with Crippen LogP contribution in [0.4, 0.5) is 34.1 Å². The highest BCUT2D eigenvalue weighted by Crippen LogP contribution is 2.62. The Hall–Kier alpha value is -9.70. The number of hydrogen-bond acceptors (Lipinski definition) is 4. The minimum Gasteiger partial charge on any atom is -0.310 e. The Morgan fingerprint density at radius 1 is 0.279 bits per heavy atom. The summed E-state index contributed by atoms with van der Waals surface area (Å²) in [5, 5.41) is 9.33. The van der Waals surface area contributed by atoms with Gasteiger partial charge in [0.1, 0.15) is 0 Å². The molecule has 0 fully saturated rings. The molecule has 0 aliphatic carbocycles. The minimum atomic E-state index is -3.44. The van der Waals surface area contributed by atoms with Gasteiger partial charge >= 0.3 is 0 Å². The van der Waals surface area contributed by atoms with Crippen LogP contribution in [0.5, 0.6) is 0 Å². The first-order valence-corrected chi connectivity index (χ1v) is 33.1. The molecule has 0 saturated heterocycles. The van der Waals surface area contributed by atoms with Gasteiger partial charge in [-0.2, -0.15) is 0 Å². The first-order chi connectivity index (χ1) is 42.0. The summed E-state index contributed by atoms with van der Waals surface area (Å²) >= 11 is 0. The number of nitrogens with zero attached hydrogens (tertiary/aromatic N) is 4. The van der Waals surface area contributed by atoms with Crippen LogP contribution in [-0.2, 0) is 20.0 Å². The number of fused-ring (bicyclic) bond motifs is 10. The molecule has 0 saturated carbocycles. The number of hydrogen-bond donors (Lipinski definition) is 0. The van der Waals surface area contributed by atoms with E-state index in [4.69, 9.17) is 0 Å². The van der Waals surface area contributed by atoms with Crippen molar-refractivity contribution in [2.75, 3.05) is 9.80 Å². The van der Waals surface area contributed by atoms with Gasteiger partial charge in [-0.25, -0.2) is 0 Å². The molecule has 0 radical (unpaired) electrons. The quantitative estimate of drug-likeness (QED) is 0.156. The fourth-order valence-corrected chi connectivity index (χ4v) is 22.0. The molecule has 14 aromatic rings. The molecule has 6 heterocycles. The maximum atomic E-state index is 16.5. The summed E-state index contributed by atoms with van der Waals surface area (Å²) in [5.74, 6) is 0. The molecular weight excluding hydrogens is 1090 g/mol. The van der Waals surface area contributed by atoms with Crippen LogP contribution in [0.15, 0.2) is 267 Å². The maximum absolute atomic E-state index is 16.5. The van der Waals surface area contributed by atoms with Gasteiger partial charge in [0.2, 0.25) is 0 Å². The average Bonchev–Trinajstić information content (AvgIpc) is 1.49. The van der Waals surface area contributed by atoms with Crippen molar-refractivity contribution >= 4 is 124 Å². The van der Waals surface area contributed by atoms with Gasteiger partial charge in [-0.15, -0.1) is 0 Å². The zero-order valence-electron chi connectivity index (χ0n) is 47.9. The molecule has 6 nitrogen and oxygen atoms in total. The second-order valence-electron chi connectivity index (χ2n) is 24.7. The maximum Gasteiger partial charge on any atom is 0.172 e. The lowest BCUT2D eigenvalue weighted by Crippen LogP contribution is -2.31. The van der Waals surface area contributed by atoms with Crippen molar-refractivity contribution in [3.05, 3.63) is 289 Å². The fourth-order valence-electron chi connectivity index (χ4n) is 15.6. The Labute approximate surface area is 499 Å². The lowest BCUT2D eigenvalue weighted by atomic mass is 9.73. The fraction of sp³-hybridized carbons (Fsp3) is 0.0769. The van der Waals surface area contributed by atoms with Crippen molar-refractivity contribution in [2.45, 2.75) is 38.5 Å². The first-order valence-electron chi connectivity index (χ1n) is 29.7. The molecule has 0 bridgehead atoms. The zero-order valence-corrected chi connectivity index (χ0v) is 49.7. The molecule has 4 aliphatic rings. The van der Waals surface area contributed by atoms with E-state index in [1.807, 2.05) is 36.4 Å². The van der Waals surface area contributed by atoms with Gasteiger partial charge in [-0.05, 0) is 144 Å². The van der Waals surface area contributed by atoms with Crippen LogP contribution in [0, 0.1) is 0 Å². The number of rotatable bonds is 6. The standard InChI is InChI=1S/C78H56N4O2P2/c1-77(2)59-27-13-17-31-65(59)81(69-45-57-55-25-11-15-29-63(55)79(67(57)47-61(69)77)49-21-7-5-8-22-49)51-37-41-53(42-38-51)85(83)71-33-19-35-73-75(71)76-72(85)34-20-36-74(76)86(73,84)54-43-39-52(40-44-54)82-66-32-18-14-28-60(66)78(3,4)62-48-68-58(46-70(62)82)56-26-12-16-30-64(56)80(68)50-23-9-6-10-24-50/h5-48H,1-4H3. The molecular formula is C78H56N4O2P2. The first kappa shape index (κ1) is 49.7. The number of anilines is 6. The highest BCUT2D eigenvalue weighted by molar-refractivity contribution is 7.89. The smallest absolute Gasteiger partial charge is 0.172 e. The van der Waals surface area contributed by atoms with E-state index in [-0.39, 0.29) is 10.8 Å². The predicted octanol–water partition coefficient (Wildman–Crippen LogP) is 17.7. The molecule has 12 aromatic carbocycles. The predicted molar refractivity (Wildman–Crippen MR) is 360 cm³/mol. The van der Waals surface area contributed by atoms with Gasteiger partial charge in [0.15, 0.2) is 14.3 Å². The lowest BCUT2D eigenvalue weighted by Gasteiger charge is -2.42. The molecule has 0 spiro atoms. The average molecular weight is 1140 g/mol. The van der Waals surface area contributed by atoms with Crippen LogP contribution < -0.4 is 41.6 Å². The van der Waals surface area contributed by atoms with Gasteiger partial charge in [0.25, 0.3) is 0 Å². The highest BCUT2D eigenvalue weighted by atomic mass is 31.2. The van der Waals surface area contributed by atoms with Crippen LogP contribution in [0.1, 0.15) is 49.9 Å². The Kier molecular flexibility index (Phi) is 10.1. The molecule has 0 amide bonds. The molecule has 8 heteroatoms. The summed E-state index contributed by atoms with van der Waals surface area (Å²) < 4.78 is 37.9. The molecule has 4 aliphatic heterocycles. The highest BCUT2D eigenvalue weighted by Gasteiger charge is 2.52. The van der Waals surface area contributed by atoms with Gasteiger partial charge < -0.3 is 28.1 Å². The van der Waals surface area contributed by atoms with Gasteiger partial charge in [0.05, 0.1) is 44.8 Å². The van der Waals surface area contributed by atoms with Crippen LogP contribution in [-0.4, -0.2) is 9.13 Å². The second kappa shape index (κ2) is 17.5. The van der Waals surface area contributed by atoms with E-state index in [9.17, 15) is 0 Å². The van der Waals surface area contributed by atoms with Crippen LogP contribution in [0.3, 0.4) is 0 Å². The Morgan fingerprint density at radius 3 is 1.02 bits per heavy atom. The van der Waals surface area contributed by atoms with Crippen LogP contribution in [0.25, 0.3) is 66.1 Å². The Morgan fingerprint density at radius 2 is 0.628 bits per heavy atom. The summed E-state index contributed by atoms with van der Waals surface area (Å²) in [6, 6.07) is 94.9. The SMILES string of the molecule is CC1(C)c2ccccc2N(c2ccc(P3(=O)c4cccc5c4-c4c3cccc4P5(=O)c3ccc(N4c5ccccc5C(C)(C)c5cc6c(cc54)c4ccccc4n6-c4ccccc4)cc3)cc2)c2cc3c4ccccc4n(-c4ccccc4)c3cc21. The van der Waals surface area contributed by atoms with E-state index >= 15 is 9.13 Å². The molecule has 0 atom stereocenters. The Bertz CT molecular complexity index is 4980. The van der Waals surface area contributed by atoms with E-state index in [1.54, 1.807) is 0 Å². The van der Waals surface area contributed by atoms with Crippen molar-refractivity contribution in [3.63, 3.8) is 0 Å². The molecule has 410 valence electrons. The van der Waals surface area contributed by atoms with E-state index in [0.29, 0.717) is 0 Å². The molecule has 2 aromatic heterocycles. The Balaban J connectivity index is 0.736. The van der Waals surface area contributed by atoms with Gasteiger partial charge in [0, 0.05) is 98.1 Å². The topological polar surface area (TPSA) is 50.5 Å². The number of para-hydroxylation sites is 6. The third-order valence-corrected chi connectivity index (χ3v) is 25.9. The van der Waals surface area contributed by atoms with Crippen LogP contribution >= 0.6 is 14.3 Å². The van der Waals surface area contributed by atoms with Crippen molar-refractivity contribution in [2.24, 2.45) is 0 Å². The molecule has 18 rings (SSSR count). The van der Waals surface area contributed by atoms with E-state index in [1.165, 1.54) is 65.9 Å². The van der Waals surface area contributed by atoms with E-state index in [2.05, 4.69) is 277 Å². The second-order valence-corrected chi connectivity index (χ2v) is 30.1. The summed E-state index contributed by atoms with van der Waals surface area (Å²) in [6.07, 6.45) is 0. The molecule has 86 heavy (non-hydrogen) atoms. The summed E-state index contributed by atoms with van der Waals surface area (Å²) in [5.41, 5.74) is 19.5. The third-order valence-electron chi connectivity index (χ3n) is 19.7. The zero-order chi connectivity index (χ0) is 57.6. The van der Waals surface area contributed by atoms with Crippen molar-refractivity contribution in [3.8, 4) is 22.5 Å². The van der Waals surface area contributed by atoms with Gasteiger partial charge in [-0.3, -0.25) is 0 Å². The minimum absolute atomic E-state index is 0.315. The summed E-state index contributed by atoms with van der Waals surface area (Å²) in [7, 11) is -6.87. The lowest BCUT2D eigenvalue weighted by molar-refractivity contribution is 0.592. The summed E-state index contributed by atoms with van der Waals surface area (Å²) in [4.78, 5) is 4.80. The largest absolute Gasteiger partial charge is 0.310 e. The molecule has 0 unspecified atom stereocenters. The molecule has 0 N–H and O–H groups in total. The summed E-state index contributed by atoms with van der Waals surface area (Å²) in [6.45, 7) is 9.35. The number of aromatic nitrogens is 2. The third kappa shape index (κ3) is 6.37. The van der Waals surface area contributed by atoms with Crippen LogP contribution in [0.2, 0.25) is 0 Å².